The summed E-state index contributed by atoms with van der Waals surface area (Å²) in [6.07, 6.45) is 4.51. The first-order valence-corrected chi connectivity index (χ1v) is 13.1. The fourth-order valence-corrected chi connectivity index (χ4v) is 5.74. The first-order valence-electron chi connectivity index (χ1n) is 13.1. The maximum absolute atomic E-state index is 13.9. The van der Waals surface area contributed by atoms with Crippen molar-refractivity contribution in [3.05, 3.63) is 41.7 Å². The second-order valence-corrected chi connectivity index (χ2v) is 11.9. The third kappa shape index (κ3) is 4.98. The van der Waals surface area contributed by atoms with Gasteiger partial charge in [-0.25, -0.2) is 4.68 Å². The van der Waals surface area contributed by atoms with E-state index in [0.29, 0.717) is 12.5 Å². The number of β-amino-alcohol motifs (C(OH)–C–C–N with tert-alkyl or cyclic N) is 1. The summed E-state index contributed by atoms with van der Waals surface area (Å²) in [5.41, 5.74) is 3.00. The molecule has 1 aromatic heterocycles. The van der Waals surface area contributed by atoms with Gasteiger partial charge in [0.1, 0.15) is 12.1 Å². The molecule has 9 heteroatoms. The molecule has 0 radical (unpaired) electrons. The molecule has 0 bridgehead atoms. The van der Waals surface area contributed by atoms with Crippen LogP contribution in [0.15, 0.2) is 30.5 Å². The minimum atomic E-state index is -0.726. The maximum Gasteiger partial charge on any atom is 0.248 e. The fraction of sp³-hybridized carbons (Fsp3) is 0.630. The quantitative estimate of drug-likeness (QED) is 0.638. The third-order valence-electron chi connectivity index (χ3n) is 7.72. The number of carbonyl (C=O) groups excluding carboxylic acids is 2. The molecule has 2 aliphatic heterocycles. The van der Waals surface area contributed by atoms with E-state index < -0.39 is 23.6 Å². The summed E-state index contributed by atoms with van der Waals surface area (Å²) in [4.78, 5) is 31.0. The number of carbonyl (C=O) groups is 2. The minimum Gasteiger partial charge on any atom is -0.391 e. The molecule has 1 saturated heterocycles. The fourth-order valence-electron chi connectivity index (χ4n) is 5.74. The topological polar surface area (TPSA) is 104 Å². The van der Waals surface area contributed by atoms with Crippen molar-refractivity contribution in [3.63, 3.8) is 0 Å². The van der Waals surface area contributed by atoms with E-state index in [9.17, 15) is 14.7 Å². The van der Waals surface area contributed by atoms with Crippen molar-refractivity contribution in [1.29, 1.82) is 0 Å². The van der Waals surface area contributed by atoms with E-state index in [1.54, 1.807) is 9.58 Å². The maximum atomic E-state index is 13.9. The highest BCUT2D eigenvalue weighted by molar-refractivity contribution is 5.90. The highest BCUT2D eigenvalue weighted by Crippen LogP contribution is 2.40. The number of hydrogen-bond donors (Lipinski definition) is 2. The predicted molar refractivity (Wildman–Crippen MR) is 137 cm³/mol. The van der Waals surface area contributed by atoms with E-state index in [4.69, 9.17) is 0 Å². The number of likely N-dealkylation sites (tertiary alicyclic amines) is 1. The summed E-state index contributed by atoms with van der Waals surface area (Å²) in [6, 6.07) is 7.05. The van der Waals surface area contributed by atoms with E-state index in [2.05, 4.69) is 39.7 Å². The number of nitrogens with one attached hydrogen (secondary N) is 1. The van der Waals surface area contributed by atoms with Crippen molar-refractivity contribution in [3.8, 4) is 0 Å². The Morgan fingerprint density at radius 3 is 2.67 bits per heavy atom. The Morgan fingerprint density at radius 2 is 1.94 bits per heavy atom. The molecule has 2 amide bonds. The predicted octanol–water partition coefficient (Wildman–Crippen LogP) is 2.13. The molecule has 1 aliphatic carbocycles. The molecule has 5 rings (SSSR count). The molecule has 1 saturated carbocycles. The van der Waals surface area contributed by atoms with E-state index in [1.807, 2.05) is 39.1 Å². The van der Waals surface area contributed by atoms with Crippen molar-refractivity contribution in [1.82, 2.24) is 25.2 Å². The van der Waals surface area contributed by atoms with Crippen LogP contribution < -0.4 is 10.2 Å². The monoisotopic (exact) mass is 494 g/mol. The molecule has 1 aromatic carbocycles. The lowest BCUT2D eigenvalue weighted by atomic mass is 9.85. The Morgan fingerprint density at radius 1 is 1.19 bits per heavy atom. The number of fused-ring (bicyclic) bond motifs is 1. The Labute approximate surface area is 212 Å². The molecule has 1 unspecified atom stereocenters. The van der Waals surface area contributed by atoms with Gasteiger partial charge < -0.3 is 20.2 Å². The van der Waals surface area contributed by atoms with Crippen LogP contribution >= 0.6 is 0 Å². The summed E-state index contributed by atoms with van der Waals surface area (Å²) >= 11 is 0. The van der Waals surface area contributed by atoms with Gasteiger partial charge in [-0.05, 0) is 42.2 Å². The van der Waals surface area contributed by atoms with E-state index in [-0.39, 0.29) is 30.7 Å². The molecule has 3 aliphatic rings. The number of nitrogens with zero attached hydrogens (tertiary/aromatic N) is 5. The molecule has 4 atom stereocenters. The van der Waals surface area contributed by atoms with Crippen LogP contribution in [0.4, 0.5) is 5.69 Å². The number of aliphatic hydroxyl groups is 1. The zero-order valence-electron chi connectivity index (χ0n) is 21.7. The summed E-state index contributed by atoms with van der Waals surface area (Å²) in [7, 11) is 2.08. The van der Waals surface area contributed by atoms with Crippen molar-refractivity contribution >= 4 is 17.5 Å². The van der Waals surface area contributed by atoms with Gasteiger partial charge in [-0.3, -0.25) is 9.59 Å². The van der Waals surface area contributed by atoms with Gasteiger partial charge in [-0.1, -0.05) is 44.2 Å². The van der Waals surface area contributed by atoms with Crippen molar-refractivity contribution < 1.29 is 14.7 Å². The Balaban J connectivity index is 1.28. The molecular formula is C27H38N6O3. The average Bonchev–Trinajstić information content (AvgIpc) is 3.43. The molecule has 36 heavy (non-hydrogen) atoms. The van der Waals surface area contributed by atoms with Crippen molar-refractivity contribution in [2.45, 2.75) is 70.6 Å². The average molecular weight is 495 g/mol. The smallest absolute Gasteiger partial charge is 0.248 e. The van der Waals surface area contributed by atoms with Gasteiger partial charge in [0, 0.05) is 50.9 Å². The van der Waals surface area contributed by atoms with Crippen LogP contribution in [-0.2, 0) is 16.0 Å². The summed E-state index contributed by atoms with van der Waals surface area (Å²) in [5.74, 6) is 0.319. The Bertz CT molecular complexity index is 1120. The highest BCUT2D eigenvalue weighted by Gasteiger charge is 2.45. The standard InChI is InChI=1S/C27H38N6O3/c1-27(2,3)24(33-16-21(29-30-33)18-9-10-18)26(36)32-15-20(34)12-23(32)25(35)28-13-17-11-19-7-5-6-8-22(19)31(4)14-17/h5-8,16-18,20,23-24,34H,9-15H2,1-4H3,(H,28,35)/t17?,20-,23+,24-/m0/s1. The van der Waals surface area contributed by atoms with Crippen LogP contribution in [-0.4, -0.2) is 75.6 Å². The van der Waals surface area contributed by atoms with Gasteiger partial charge in [0.2, 0.25) is 11.8 Å². The zero-order chi connectivity index (χ0) is 25.6. The SMILES string of the molecule is CN1CC(CNC(=O)[C@H]2C[C@H](O)CN2C(=O)[C@H](n2cc(C3CC3)nn2)C(C)(C)C)Cc2ccccc21. The minimum absolute atomic E-state index is 0.146. The third-order valence-corrected chi connectivity index (χ3v) is 7.72. The lowest BCUT2D eigenvalue weighted by molar-refractivity contribution is -0.144. The van der Waals surface area contributed by atoms with Gasteiger partial charge in [0.05, 0.1) is 11.8 Å². The zero-order valence-corrected chi connectivity index (χ0v) is 21.7. The van der Waals surface area contributed by atoms with Gasteiger partial charge in [-0.15, -0.1) is 5.10 Å². The van der Waals surface area contributed by atoms with Crippen molar-refractivity contribution in [2.75, 3.05) is 31.6 Å². The molecule has 9 nitrogen and oxygen atoms in total. The number of para-hydroxylation sites is 1. The Hall–Kier alpha value is -2.94. The second kappa shape index (κ2) is 9.50. The van der Waals surface area contributed by atoms with Crippen LogP contribution in [0, 0.1) is 11.3 Å². The summed E-state index contributed by atoms with van der Waals surface area (Å²) in [6.45, 7) is 7.51. The highest BCUT2D eigenvalue weighted by atomic mass is 16.3. The van der Waals surface area contributed by atoms with Gasteiger partial charge >= 0.3 is 0 Å². The van der Waals surface area contributed by atoms with E-state index in [1.165, 1.54) is 11.3 Å². The van der Waals surface area contributed by atoms with Crippen molar-refractivity contribution in [2.24, 2.45) is 11.3 Å². The van der Waals surface area contributed by atoms with Crippen LogP contribution in [0.5, 0.6) is 0 Å². The lowest BCUT2D eigenvalue weighted by Crippen LogP contribution is -2.51. The normalized spacial score (nSPS) is 25.0. The summed E-state index contributed by atoms with van der Waals surface area (Å²) in [5, 5.41) is 22.1. The van der Waals surface area contributed by atoms with Crippen LogP contribution in [0.1, 0.15) is 63.3 Å². The first kappa shape index (κ1) is 24.7. The lowest BCUT2D eigenvalue weighted by Gasteiger charge is -2.35. The van der Waals surface area contributed by atoms with Gasteiger partial charge in [0.15, 0.2) is 0 Å². The summed E-state index contributed by atoms with van der Waals surface area (Å²) < 4.78 is 1.66. The molecular weight excluding hydrogens is 456 g/mol. The molecule has 3 heterocycles. The first-order chi connectivity index (χ1) is 17.1. The number of aliphatic hydroxyl groups excluding tert-OH is 1. The van der Waals surface area contributed by atoms with Crippen LogP contribution in [0.2, 0.25) is 0 Å². The molecule has 2 N–H and O–H groups in total. The second-order valence-electron chi connectivity index (χ2n) is 11.9. The number of amides is 2. The molecule has 2 aromatic rings. The van der Waals surface area contributed by atoms with E-state index >= 15 is 0 Å². The number of anilines is 1. The van der Waals surface area contributed by atoms with Gasteiger partial charge in [-0.2, -0.15) is 0 Å². The number of aromatic nitrogens is 3. The largest absolute Gasteiger partial charge is 0.391 e. The molecule has 2 fully saturated rings. The number of rotatable bonds is 6. The number of hydrogen-bond acceptors (Lipinski definition) is 6. The molecule has 194 valence electrons. The van der Waals surface area contributed by atoms with Gasteiger partial charge in [0.25, 0.3) is 0 Å². The molecule has 0 spiro atoms. The Kier molecular flexibility index (Phi) is 6.53. The van der Waals surface area contributed by atoms with E-state index in [0.717, 1.165) is 31.5 Å². The number of benzene rings is 1. The van der Waals surface area contributed by atoms with Crippen LogP contribution in [0.25, 0.3) is 0 Å². The van der Waals surface area contributed by atoms with Crippen LogP contribution in [0.3, 0.4) is 0 Å².